The lowest BCUT2D eigenvalue weighted by atomic mass is 9.90. The average Bonchev–Trinajstić information content (AvgIpc) is 3.76. The SMILES string of the molecule is C#CC1(CC(=O)C2(NC(=O)c3cc4ccc(-c5ccc(C6(O)COC6)cc5)cc4o3)C[C@H]2C=C)CC1. The first-order chi connectivity index (χ1) is 17.3. The Labute approximate surface area is 209 Å². The predicted octanol–water partition coefficient (Wildman–Crippen LogP) is 4.36. The van der Waals surface area contributed by atoms with Crippen LogP contribution in [0.1, 0.15) is 41.8 Å². The maximum Gasteiger partial charge on any atom is 0.287 e. The summed E-state index contributed by atoms with van der Waals surface area (Å²) < 4.78 is 11.1. The van der Waals surface area contributed by atoms with Crippen LogP contribution in [0.2, 0.25) is 0 Å². The molecule has 1 saturated heterocycles. The second-order valence-electron chi connectivity index (χ2n) is 10.5. The highest BCUT2D eigenvalue weighted by Gasteiger charge is 2.61. The van der Waals surface area contributed by atoms with E-state index in [2.05, 4.69) is 17.8 Å². The summed E-state index contributed by atoms with van der Waals surface area (Å²) in [5.41, 5.74) is 1.09. The van der Waals surface area contributed by atoms with Crippen molar-refractivity contribution in [1.82, 2.24) is 5.32 Å². The number of hydrogen-bond donors (Lipinski definition) is 2. The number of furan rings is 1. The van der Waals surface area contributed by atoms with Gasteiger partial charge in [-0.05, 0) is 48.1 Å². The van der Waals surface area contributed by atoms with Crippen molar-refractivity contribution in [3.05, 3.63) is 72.5 Å². The van der Waals surface area contributed by atoms with Gasteiger partial charge in [-0.3, -0.25) is 9.59 Å². The Balaban J connectivity index is 1.21. The summed E-state index contributed by atoms with van der Waals surface area (Å²) in [5, 5.41) is 14.2. The molecular formula is C30H27NO5. The minimum atomic E-state index is -0.952. The van der Waals surface area contributed by atoms with Crippen LogP contribution < -0.4 is 5.32 Å². The van der Waals surface area contributed by atoms with E-state index < -0.39 is 17.0 Å². The normalized spacial score (nSPS) is 24.8. The number of terminal acetylenes is 1. The van der Waals surface area contributed by atoms with Crippen molar-refractivity contribution in [2.24, 2.45) is 11.3 Å². The molecule has 1 aromatic heterocycles. The number of rotatable bonds is 8. The van der Waals surface area contributed by atoms with E-state index in [1.807, 2.05) is 42.5 Å². The van der Waals surface area contributed by atoms with E-state index in [-0.39, 0.29) is 29.3 Å². The Bertz CT molecular complexity index is 1430. The molecule has 0 radical (unpaired) electrons. The molecule has 6 rings (SSSR count). The summed E-state index contributed by atoms with van der Waals surface area (Å²) in [6.45, 7) is 4.44. The van der Waals surface area contributed by atoms with E-state index in [0.29, 0.717) is 25.2 Å². The number of amides is 1. The van der Waals surface area contributed by atoms with Crippen LogP contribution in [-0.2, 0) is 15.1 Å². The highest BCUT2D eigenvalue weighted by Crippen LogP contribution is 2.53. The summed E-state index contributed by atoms with van der Waals surface area (Å²) in [5.74, 6) is 2.36. The van der Waals surface area contributed by atoms with Crippen LogP contribution in [0, 0.1) is 23.7 Å². The van der Waals surface area contributed by atoms with Crippen LogP contribution in [0.3, 0.4) is 0 Å². The van der Waals surface area contributed by atoms with Gasteiger partial charge < -0.3 is 19.6 Å². The molecule has 0 bridgehead atoms. The zero-order chi connectivity index (χ0) is 25.1. The lowest BCUT2D eigenvalue weighted by Crippen LogP contribution is -2.46. The van der Waals surface area contributed by atoms with Crippen molar-refractivity contribution in [2.45, 2.75) is 36.8 Å². The van der Waals surface area contributed by atoms with Crippen molar-refractivity contribution in [3.8, 4) is 23.5 Å². The minimum Gasteiger partial charge on any atom is -0.451 e. The second kappa shape index (κ2) is 7.92. The van der Waals surface area contributed by atoms with E-state index in [1.165, 1.54) is 0 Å². The number of nitrogens with one attached hydrogen (secondary N) is 1. The molecule has 2 heterocycles. The molecule has 36 heavy (non-hydrogen) atoms. The number of fused-ring (bicyclic) bond motifs is 1. The molecule has 1 unspecified atom stereocenters. The Morgan fingerprint density at radius 2 is 1.86 bits per heavy atom. The summed E-state index contributed by atoms with van der Waals surface area (Å²) in [4.78, 5) is 26.3. The molecule has 6 heteroatoms. The number of aliphatic hydroxyl groups is 1. The lowest BCUT2D eigenvalue weighted by molar-refractivity contribution is -0.184. The Morgan fingerprint density at radius 1 is 1.14 bits per heavy atom. The van der Waals surface area contributed by atoms with Crippen molar-refractivity contribution >= 4 is 22.7 Å². The maximum absolute atomic E-state index is 13.1. The van der Waals surface area contributed by atoms with Gasteiger partial charge in [0, 0.05) is 23.1 Å². The lowest BCUT2D eigenvalue weighted by Gasteiger charge is -2.36. The van der Waals surface area contributed by atoms with E-state index in [1.54, 1.807) is 12.1 Å². The third-order valence-corrected chi connectivity index (χ3v) is 7.97. The molecule has 2 aliphatic carbocycles. The standard InChI is InChI=1S/C30H27NO5/c1-3-22-15-30(22,26(32)16-28(4-2)11-12-28)31-27(33)25-14-21-6-5-20(13-24(21)36-25)19-7-9-23(10-8-19)29(34)17-35-18-29/h2-3,5-10,13-14,22,34H,1,11-12,15-18H2,(H,31,33)/t22-,30?/m1/s1. The number of benzene rings is 2. The molecule has 0 spiro atoms. The summed E-state index contributed by atoms with van der Waals surface area (Å²) in [6, 6.07) is 15.1. The fraction of sp³-hybridized carbons (Fsp3) is 0.333. The quantitative estimate of drug-likeness (QED) is 0.369. The first-order valence-corrected chi connectivity index (χ1v) is 12.2. The molecule has 3 aromatic rings. The van der Waals surface area contributed by atoms with Crippen molar-refractivity contribution < 1.29 is 23.8 Å². The zero-order valence-corrected chi connectivity index (χ0v) is 19.9. The highest BCUT2D eigenvalue weighted by atomic mass is 16.5. The predicted molar refractivity (Wildman–Crippen MR) is 135 cm³/mol. The first kappa shape index (κ1) is 22.8. The van der Waals surface area contributed by atoms with Crippen molar-refractivity contribution in [1.29, 1.82) is 0 Å². The molecule has 2 aromatic carbocycles. The van der Waals surface area contributed by atoms with Gasteiger partial charge in [0.05, 0.1) is 13.2 Å². The monoisotopic (exact) mass is 481 g/mol. The fourth-order valence-electron chi connectivity index (χ4n) is 5.12. The number of Topliss-reactive ketones (excluding diaryl/α,β-unsaturated/α-hetero) is 1. The molecule has 3 aliphatic rings. The van der Waals surface area contributed by atoms with Crippen LogP contribution in [-0.4, -0.2) is 35.5 Å². The van der Waals surface area contributed by atoms with Gasteiger partial charge in [0.2, 0.25) is 0 Å². The van der Waals surface area contributed by atoms with Gasteiger partial charge in [-0.2, -0.15) is 0 Å². The molecule has 2 saturated carbocycles. The van der Waals surface area contributed by atoms with E-state index in [9.17, 15) is 14.7 Å². The largest absolute Gasteiger partial charge is 0.451 e. The van der Waals surface area contributed by atoms with Gasteiger partial charge in [0.1, 0.15) is 16.7 Å². The first-order valence-electron chi connectivity index (χ1n) is 12.2. The van der Waals surface area contributed by atoms with E-state index >= 15 is 0 Å². The van der Waals surface area contributed by atoms with Gasteiger partial charge in [-0.25, -0.2) is 0 Å². The zero-order valence-electron chi connectivity index (χ0n) is 19.9. The van der Waals surface area contributed by atoms with Gasteiger partial charge in [-0.15, -0.1) is 13.0 Å². The van der Waals surface area contributed by atoms with Gasteiger partial charge in [0.25, 0.3) is 5.91 Å². The molecule has 2 N–H and O–H groups in total. The third kappa shape index (κ3) is 3.67. The number of ketones is 1. The summed E-state index contributed by atoms with van der Waals surface area (Å²) in [7, 11) is 0. The number of hydrogen-bond acceptors (Lipinski definition) is 5. The molecule has 182 valence electrons. The van der Waals surface area contributed by atoms with E-state index in [0.717, 1.165) is 34.9 Å². The van der Waals surface area contributed by atoms with Crippen LogP contribution in [0.15, 0.2) is 65.6 Å². The van der Waals surface area contributed by atoms with Gasteiger partial charge in [-0.1, -0.05) is 48.4 Å². The minimum absolute atomic E-state index is 0.0313. The maximum atomic E-state index is 13.1. The van der Waals surface area contributed by atoms with Crippen molar-refractivity contribution in [2.75, 3.05) is 13.2 Å². The topological polar surface area (TPSA) is 88.8 Å². The van der Waals surface area contributed by atoms with Crippen LogP contribution >= 0.6 is 0 Å². The van der Waals surface area contributed by atoms with E-state index in [4.69, 9.17) is 15.6 Å². The second-order valence-corrected chi connectivity index (χ2v) is 10.5. The Morgan fingerprint density at radius 3 is 2.44 bits per heavy atom. The van der Waals surface area contributed by atoms with Crippen LogP contribution in [0.4, 0.5) is 0 Å². The molecular weight excluding hydrogens is 454 g/mol. The third-order valence-electron chi connectivity index (χ3n) is 7.97. The average molecular weight is 482 g/mol. The number of carbonyl (C=O) groups excluding carboxylic acids is 2. The smallest absolute Gasteiger partial charge is 0.287 e. The molecule has 2 atom stereocenters. The summed E-state index contributed by atoms with van der Waals surface area (Å²) >= 11 is 0. The number of carbonyl (C=O) groups is 2. The van der Waals surface area contributed by atoms with Gasteiger partial charge in [0.15, 0.2) is 11.5 Å². The Hall–Kier alpha value is -3.66. The molecule has 3 fully saturated rings. The van der Waals surface area contributed by atoms with Crippen LogP contribution in [0.25, 0.3) is 22.1 Å². The Kier molecular flexibility index (Phi) is 5.01. The van der Waals surface area contributed by atoms with Crippen molar-refractivity contribution in [3.63, 3.8) is 0 Å². The fourth-order valence-corrected chi connectivity index (χ4v) is 5.12. The molecule has 1 amide bonds. The number of ether oxygens (including phenoxy) is 1. The molecule has 1 aliphatic heterocycles. The van der Waals surface area contributed by atoms with Crippen LogP contribution in [0.5, 0.6) is 0 Å². The molecule has 6 nitrogen and oxygen atoms in total. The highest BCUT2D eigenvalue weighted by molar-refractivity contribution is 6.03. The summed E-state index contributed by atoms with van der Waals surface area (Å²) in [6.07, 6.45) is 9.86. The van der Waals surface area contributed by atoms with Gasteiger partial charge >= 0.3 is 0 Å².